The maximum absolute atomic E-state index is 12.1. The van der Waals surface area contributed by atoms with Crippen molar-refractivity contribution in [3.05, 3.63) is 0 Å². The Morgan fingerprint density at radius 1 is 1.33 bits per heavy atom. The normalized spacial score (nSPS) is 27.4. The van der Waals surface area contributed by atoms with Gasteiger partial charge >= 0.3 is 0 Å². The first kappa shape index (κ1) is 15.9. The van der Waals surface area contributed by atoms with E-state index in [1.807, 2.05) is 0 Å². The van der Waals surface area contributed by atoms with Gasteiger partial charge in [0.25, 0.3) is 0 Å². The SMILES string of the molecule is CCC1CNC(C)CN1CCS(=O)(=O)C(C)(C)C. The van der Waals surface area contributed by atoms with Gasteiger partial charge in [-0.3, -0.25) is 4.90 Å². The maximum Gasteiger partial charge on any atom is 0.156 e. The van der Waals surface area contributed by atoms with Gasteiger partial charge in [-0.05, 0) is 34.1 Å². The van der Waals surface area contributed by atoms with Crippen molar-refractivity contribution in [1.82, 2.24) is 10.2 Å². The van der Waals surface area contributed by atoms with E-state index in [4.69, 9.17) is 0 Å². The molecule has 1 saturated heterocycles. The van der Waals surface area contributed by atoms with Gasteiger partial charge < -0.3 is 5.32 Å². The highest BCUT2D eigenvalue weighted by molar-refractivity contribution is 7.92. The lowest BCUT2D eigenvalue weighted by Gasteiger charge is -2.39. The Hall–Kier alpha value is -0.130. The smallest absolute Gasteiger partial charge is 0.156 e. The highest BCUT2D eigenvalue weighted by atomic mass is 32.2. The molecule has 0 aromatic rings. The van der Waals surface area contributed by atoms with E-state index in [2.05, 4.69) is 24.1 Å². The molecule has 0 saturated carbocycles. The molecule has 0 amide bonds. The average Bonchev–Trinajstić information content (AvgIpc) is 2.25. The number of piperazine rings is 1. The van der Waals surface area contributed by atoms with Crippen LogP contribution < -0.4 is 5.32 Å². The Bertz CT molecular complexity index is 360. The molecule has 1 aliphatic rings. The number of rotatable bonds is 4. The standard InChI is InChI=1S/C13H28N2O2S/c1-6-12-9-14-11(2)10-15(12)7-8-18(16,17)13(3,4)5/h11-12,14H,6-10H2,1-5H3. The lowest BCUT2D eigenvalue weighted by molar-refractivity contribution is 0.140. The third kappa shape index (κ3) is 3.93. The fourth-order valence-corrected chi connectivity index (χ4v) is 3.34. The van der Waals surface area contributed by atoms with Crippen molar-refractivity contribution < 1.29 is 8.42 Å². The van der Waals surface area contributed by atoms with Crippen LogP contribution in [0.2, 0.25) is 0 Å². The molecule has 2 atom stereocenters. The summed E-state index contributed by atoms with van der Waals surface area (Å²) in [5, 5.41) is 3.45. The van der Waals surface area contributed by atoms with Gasteiger partial charge in [0.1, 0.15) is 0 Å². The van der Waals surface area contributed by atoms with Gasteiger partial charge in [0, 0.05) is 31.7 Å². The second-order valence-electron chi connectivity index (χ2n) is 6.30. The van der Waals surface area contributed by atoms with Crippen LogP contribution in [-0.4, -0.2) is 55.5 Å². The van der Waals surface area contributed by atoms with Crippen LogP contribution in [0.1, 0.15) is 41.0 Å². The van der Waals surface area contributed by atoms with Crippen molar-refractivity contribution >= 4 is 9.84 Å². The minimum atomic E-state index is -3.01. The minimum absolute atomic E-state index is 0.264. The summed E-state index contributed by atoms with van der Waals surface area (Å²) in [6, 6.07) is 0.918. The summed E-state index contributed by atoms with van der Waals surface area (Å²) >= 11 is 0. The molecule has 1 rings (SSSR count). The minimum Gasteiger partial charge on any atom is -0.311 e. The Morgan fingerprint density at radius 2 is 1.94 bits per heavy atom. The summed E-state index contributed by atoms with van der Waals surface area (Å²) in [4.78, 5) is 2.32. The third-order valence-electron chi connectivity index (χ3n) is 3.78. The quantitative estimate of drug-likeness (QED) is 0.840. The van der Waals surface area contributed by atoms with Crippen LogP contribution >= 0.6 is 0 Å². The van der Waals surface area contributed by atoms with Crippen molar-refractivity contribution in [3.63, 3.8) is 0 Å². The Kier molecular flexibility index (Phi) is 5.21. The lowest BCUT2D eigenvalue weighted by Crippen LogP contribution is -2.56. The molecule has 5 heteroatoms. The number of nitrogens with one attached hydrogen (secondary N) is 1. The van der Waals surface area contributed by atoms with Gasteiger partial charge in [0.05, 0.1) is 10.5 Å². The van der Waals surface area contributed by atoms with E-state index in [-0.39, 0.29) is 5.75 Å². The predicted molar refractivity (Wildman–Crippen MR) is 76.7 cm³/mol. The zero-order valence-electron chi connectivity index (χ0n) is 12.4. The Morgan fingerprint density at radius 3 is 2.44 bits per heavy atom. The molecule has 4 nitrogen and oxygen atoms in total. The van der Waals surface area contributed by atoms with Crippen LogP contribution in [0, 0.1) is 0 Å². The molecule has 1 fully saturated rings. The Balaban J connectivity index is 2.61. The number of nitrogens with zero attached hydrogens (tertiary/aromatic N) is 1. The van der Waals surface area contributed by atoms with Gasteiger partial charge in [-0.2, -0.15) is 0 Å². The highest BCUT2D eigenvalue weighted by Gasteiger charge is 2.31. The summed E-state index contributed by atoms with van der Waals surface area (Å²) in [5.74, 6) is 0.264. The summed E-state index contributed by atoms with van der Waals surface area (Å²) in [6.07, 6.45) is 1.06. The maximum atomic E-state index is 12.1. The molecular formula is C13H28N2O2S. The van der Waals surface area contributed by atoms with Crippen molar-refractivity contribution in [1.29, 1.82) is 0 Å². The fraction of sp³-hybridized carbons (Fsp3) is 1.00. The first-order chi connectivity index (χ1) is 8.17. The van der Waals surface area contributed by atoms with Crippen molar-refractivity contribution in [2.75, 3.05) is 25.4 Å². The molecule has 0 aromatic heterocycles. The molecule has 0 radical (unpaired) electrons. The highest BCUT2D eigenvalue weighted by Crippen LogP contribution is 2.17. The largest absolute Gasteiger partial charge is 0.311 e. The molecule has 2 unspecified atom stereocenters. The van der Waals surface area contributed by atoms with Gasteiger partial charge in [-0.15, -0.1) is 0 Å². The van der Waals surface area contributed by atoms with Crippen molar-refractivity contribution in [2.24, 2.45) is 0 Å². The molecule has 0 spiro atoms. The van der Waals surface area contributed by atoms with E-state index in [0.717, 1.165) is 19.5 Å². The molecule has 0 aliphatic carbocycles. The monoisotopic (exact) mass is 276 g/mol. The molecule has 0 bridgehead atoms. The van der Waals surface area contributed by atoms with Crippen molar-refractivity contribution in [3.8, 4) is 0 Å². The molecule has 1 aliphatic heterocycles. The van der Waals surface area contributed by atoms with Gasteiger partial charge in [0.2, 0.25) is 0 Å². The summed E-state index contributed by atoms with van der Waals surface area (Å²) in [5.41, 5.74) is 0. The van der Waals surface area contributed by atoms with Gasteiger partial charge in [-0.25, -0.2) is 8.42 Å². The molecule has 1 heterocycles. The van der Waals surface area contributed by atoms with E-state index < -0.39 is 14.6 Å². The number of hydrogen-bond donors (Lipinski definition) is 1. The molecule has 0 aromatic carbocycles. The summed E-state index contributed by atoms with van der Waals surface area (Å²) in [6.45, 7) is 12.2. The molecule has 108 valence electrons. The zero-order valence-corrected chi connectivity index (χ0v) is 13.2. The molecule has 1 N–H and O–H groups in total. The van der Waals surface area contributed by atoms with Crippen LogP contribution in [0.4, 0.5) is 0 Å². The van der Waals surface area contributed by atoms with E-state index >= 15 is 0 Å². The van der Waals surface area contributed by atoms with Crippen LogP contribution in [-0.2, 0) is 9.84 Å². The van der Waals surface area contributed by atoms with Crippen molar-refractivity contribution in [2.45, 2.75) is 57.9 Å². The van der Waals surface area contributed by atoms with E-state index in [1.165, 1.54) is 0 Å². The van der Waals surface area contributed by atoms with Gasteiger partial charge in [0.15, 0.2) is 9.84 Å². The second-order valence-corrected chi connectivity index (χ2v) is 9.16. The second kappa shape index (κ2) is 5.88. The zero-order chi connectivity index (χ0) is 14.0. The molecule has 18 heavy (non-hydrogen) atoms. The number of hydrogen-bond acceptors (Lipinski definition) is 4. The third-order valence-corrected chi connectivity index (χ3v) is 6.36. The topological polar surface area (TPSA) is 49.4 Å². The van der Waals surface area contributed by atoms with Crippen LogP contribution in [0.15, 0.2) is 0 Å². The summed E-state index contributed by atoms with van der Waals surface area (Å²) in [7, 11) is -3.01. The first-order valence-corrected chi connectivity index (χ1v) is 8.52. The van der Waals surface area contributed by atoms with Gasteiger partial charge in [-0.1, -0.05) is 6.92 Å². The average molecular weight is 276 g/mol. The Labute approximate surface area is 112 Å². The number of sulfone groups is 1. The van der Waals surface area contributed by atoms with E-state index in [0.29, 0.717) is 18.6 Å². The fourth-order valence-electron chi connectivity index (χ4n) is 2.25. The van der Waals surface area contributed by atoms with Crippen LogP contribution in [0.5, 0.6) is 0 Å². The lowest BCUT2D eigenvalue weighted by atomic mass is 10.1. The summed E-state index contributed by atoms with van der Waals surface area (Å²) < 4.78 is 23.6. The van der Waals surface area contributed by atoms with E-state index in [1.54, 1.807) is 20.8 Å². The van der Waals surface area contributed by atoms with Crippen LogP contribution in [0.25, 0.3) is 0 Å². The predicted octanol–water partition coefficient (Wildman–Crippen LogP) is 1.27. The van der Waals surface area contributed by atoms with E-state index in [9.17, 15) is 8.42 Å². The van der Waals surface area contributed by atoms with Crippen LogP contribution in [0.3, 0.4) is 0 Å². The molecular weight excluding hydrogens is 248 g/mol. The first-order valence-electron chi connectivity index (χ1n) is 6.87.